The highest BCUT2D eigenvalue weighted by Gasteiger charge is 2.17. The molecule has 8 heteroatoms. The van der Waals surface area contributed by atoms with Crippen molar-refractivity contribution >= 4 is 16.0 Å². The summed E-state index contributed by atoms with van der Waals surface area (Å²) in [5, 5.41) is 12.7. The third-order valence-corrected chi connectivity index (χ3v) is 4.14. The maximum Gasteiger partial charge on any atom is 0.336 e. The Kier molecular flexibility index (Phi) is 4.39. The van der Waals surface area contributed by atoms with E-state index in [9.17, 15) is 13.2 Å². The molecule has 2 N–H and O–H groups in total. The summed E-state index contributed by atoms with van der Waals surface area (Å²) in [6, 6.07) is 6.22. The monoisotopic (exact) mass is 310 g/mol. The first kappa shape index (κ1) is 15.2. The molecule has 0 radical (unpaired) electrons. The predicted molar refractivity (Wildman–Crippen MR) is 74.1 cm³/mol. The van der Waals surface area contributed by atoms with Crippen LogP contribution in [0.3, 0.4) is 0 Å². The number of rotatable bonds is 6. The molecule has 0 aliphatic carbocycles. The van der Waals surface area contributed by atoms with Crippen LogP contribution in [-0.4, -0.2) is 24.7 Å². The molecule has 1 heterocycles. The molecule has 0 amide bonds. The standard InChI is InChI=1S/C13H14N2O5S/c1-9-7-20-15-12(9)8-21(18,19)14-6-10-4-2-3-5-11(10)13(16)17/h2-5,7,14H,6,8H2,1H3,(H,16,17). The second kappa shape index (κ2) is 6.06. The van der Waals surface area contributed by atoms with Crippen molar-refractivity contribution in [2.24, 2.45) is 0 Å². The number of benzene rings is 1. The van der Waals surface area contributed by atoms with Crippen LogP contribution in [-0.2, 0) is 22.3 Å². The smallest absolute Gasteiger partial charge is 0.336 e. The minimum Gasteiger partial charge on any atom is -0.478 e. The van der Waals surface area contributed by atoms with E-state index in [2.05, 4.69) is 14.4 Å². The summed E-state index contributed by atoms with van der Waals surface area (Å²) in [5.74, 6) is -1.41. The lowest BCUT2D eigenvalue weighted by Gasteiger charge is -2.08. The Labute approximate surface area is 121 Å². The van der Waals surface area contributed by atoms with Crippen LogP contribution in [0.2, 0.25) is 0 Å². The van der Waals surface area contributed by atoms with E-state index < -0.39 is 16.0 Å². The first-order chi connectivity index (χ1) is 9.89. The van der Waals surface area contributed by atoms with E-state index in [1.807, 2.05) is 0 Å². The van der Waals surface area contributed by atoms with Gasteiger partial charge in [0.25, 0.3) is 0 Å². The van der Waals surface area contributed by atoms with Crippen molar-refractivity contribution in [3.8, 4) is 0 Å². The minimum absolute atomic E-state index is 0.0674. The molecule has 1 aromatic carbocycles. The molecule has 0 bridgehead atoms. The van der Waals surface area contributed by atoms with Gasteiger partial charge in [0.15, 0.2) is 0 Å². The molecule has 0 unspecified atom stereocenters. The lowest BCUT2D eigenvalue weighted by Crippen LogP contribution is -2.26. The fourth-order valence-corrected chi connectivity index (χ4v) is 2.87. The van der Waals surface area contributed by atoms with Gasteiger partial charge in [-0.15, -0.1) is 0 Å². The van der Waals surface area contributed by atoms with Gasteiger partial charge in [-0.1, -0.05) is 23.4 Å². The quantitative estimate of drug-likeness (QED) is 0.832. The second-order valence-electron chi connectivity index (χ2n) is 4.49. The number of carboxylic acids is 1. The summed E-state index contributed by atoms with van der Waals surface area (Å²) in [6.07, 6.45) is 1.37. The lowest BCUT2D eigenvalue weighted by molar-refractivity contribution is 0.0695. The molecule has 0 aliphatic rings. The Balaban J connectivity index is 2.09. The Hall–Kier alpha value is -2.19. The molecule has 7 nitrogen and oxygen atoms in total. The van der Waals surface area contributed by atoms with Crippen molar-refractivity contribution in [2.45, 2.75) is 19.2 Å². The highest BCUT2D eigenvalue weighted by atomic mass is 32.2. The number of aromatic nitrogens is 1. The normalized spacial score (nSPS) is 11.5. The van der Waals surface area contributed by atoms with Crippen LogP contribution in [0.5, 0.6) is 0 Å². The number of nitrogens with zero attached hydrogens (tertiary/aromatic N) is 1. The van der Waals surface area contributed by atoms with Crippen LogP contribution in [0.25, 0.3) is 0 Å². The summed E-state index contributed by atoms with van der Waals surface area (Å²) >= 11 is 0. The van der Waals surface area contributed by atoms with Gasteiger partial charge < -0.3 is 9.63 Å². The molecule has 0 atom stereocenters. The van der Waals surface area contributed by atoms with E-state index in [1.165, 1.54) is 12.3 Å². The Morgan fingerprint density at radius 3 is 2.71 bits per heavy atom. The van der Waals surface area contributed by atoms with Gasteiger partial charge in [0, 0.05) is 12.1 Å². The van der Waals surface area contributed by atoms with Crippen molar-refractivity contribution in [1.29, 1.82) is 0 Å². The van der Waals surface area contributed by atoms with Crippen molar-refractivity contribution in [2.75, 3.05) is 0 Å². The van der Waals surface area contributed by atoms with Crippen molar-refractivity contribution in [3.05, 3.63) is 52.9 Å². The van der Waals surface area contributed by atoms with Gasteiger partial charge in [0.05, 0.1) is 5.56 Å². The van der Waals surface area contributed by atoms with Crippen LogP contribution >= 0.6 is 0 Å². The van der Waals surface area contributed by atoms with Crippen molar-refractivity contribution < 1.29 is 22.8 Å². The topological polar surface area (TPSA) is 110 Å². The van der Waals surface area contributed by atoms with Gasteiger partial charge in [-0.25, -0.2) is 17.9 Å². The summed E-state index contributed by atoms with van der Waals surface area (Å²) < 4.78 is 31.0. The van der Waals surface area contributed by atoms with Crippen LogP contribution < -0.4 is 4.72 Å². The molecular weight excluding hydrogens is 296 g/mol. The predicted octanol–water partition coefficient (Wildman–Crippen LogP) is 1.30. The summed E-state index contributed by atoms with van der Waals surface area (Å²) in [4.78, 5) is 11.0. The average molecular weight is 310 g/mol. The van der Waals surface area contributed by atoms with E-state index in [-0.39, 0.29) is 17.9 Å². The van der Waals surface area contributed by atoms with Gasteiger partial charge >= 0.3 is 5.97 Å². The number of aromatic carboxylic acids is 1. The van der Waals surface area contributed by atoms with E-state index >= 15 is 0 Å². The van der Waals surface area contributed by atoms with Crippen LogP contribution in [0.1, 0.15) is 27.2 Å². The first-order valence-corrected chi connectivity index (χ1v) is 7.72. The zero-order valence-corrected chi connectivity index (χ0v) is 12.1. The number of aryl methyl sites for hydroxylation is 1. The highest BCUT2D eigenvalue weighted by molar-refractivity contribution is 7.88. The summed E-state index contributed by atoms with van der Waals surface area (Å²) in [5.41, 5.74) is 1.43. The van der Waals surface area contributed by atoms with Crippen molar-refractivity contribution in [3.63, 3.8) is 0 Å². The summed E-state index contributed by atoms with van der Waals surface area (Å²) in [7, 11) is -3.63. The van der Waals surface area contributed by atoms with Crippen LogP contribution in [0.15, 0.2) is 35.1 Å². The maximum absolute atomic E-state index is 12.0. The fraction of sp³-hybridized carbons (Fsp3) is 0.231. The van der Waals surface area contributed by atoms with Gasteiger partial charge in [-0.3, -0.25) is 0 Å². The molecule has 0 spiro atoms. The van der Waals surface area contributed by atoms with E-state index in [4.69, 9.17) is 5.11 Å². The third kappa shape index (κ3) is 3.89. The summed E-state index contributed by atoms with van der Waals surface area (Å²) in [6.45, 7) is 1.60. The van der Waals surface area contributed by atoms with Crippen LogP contribution in [0.4, 0.5) is 0 Å². The van der Waals surface area contributed by atoms with Crippen LogP contribution in [0, 0.1) is 6.92 Å². The largest absolute Gasteiger partial charge is 0.478 e. The maximum atomic E-state index is 12.0. The van der Waals surface area contributed by atoms with Gasteiger partial charge in [-0.05, 0) is 18.6 Å². The number of carbonyl (C=O) groups is 1. The Bertz CT molecular complexity index is 751. The average Bonchev–Trinajstić information content (AvgIpc) is 2.82. The number of hydrogen-bond donors (Lipinski definition) is 2. The molecule has 2 aromatic rings. The number of sulfonamides is 1. The van der Waals surface area contributed by atoms with E-state index in [0.29, 0.717) is 16.8 Å². The van der Waals surface area contributed by atoms with E-state index in [1.54, 1.807) is 25.1 Å². The molecule has 0 saturated heterocycles. The van der Waals surface area contributed by atoms with E-state index in [0.717, 1.165) is 0 Å². The molecular formula is C13H14N2O5S. The molecule has 2 rings (SSSR count). The third-order valence-electron chi connectivity index (χ3n) is 2.90. The molecule has 0 saturated carbocycles. The SMILES string of the molecule is Cc1conc1CS(=O)(=O)NCc1ccccc1C(=O)O. The Morgan fingerprint density at radius 2 is 2.10 bits per heavy atom. The number of hydrogen-bond acceptors (Lipinski definition) is 5. The molecule has 0 fully saturated rings. The second-order valence-corrected chi connectivity index (χ2v) is 6.29. The molecule has 0 aliphatic heterocycles. The Morgan fingerprint density at radius 1 is 1.38 bits per heavy atom. The first-order valence-electron chi connectivity index (χ1n) is 6.07. The zero-order valence-electron chi connectivity index (χ0n) is 11.2. The van der Waals surface area contributed by atoms with Crippen molar-refractivity contribution in [1.82, 2.24) is 9.88 Å². The molecule has 1 aromatic heterocycles. The lowest BCUT2D eigenvalue weighted by atomic mass is 10.1. The van der Waals surface area contributed by atoms with Gasteiger partial charge in [0.1, 0.15) is 17.7 Å². The molecule has 21 heavy (non-hydrogen) atoms. The molecule has 112 valence electrons. The van der Waals surface area contributed by atoms with Gasteiger partial charge in [0.2, 0.25) is 10.0 Å². The zero-order chi connectivity index (χ0) is 15.5. The highest BCUT2D eigenvalue weighted by Crippen LogP contribution is 2.11. The van der Waals surface area contributed by atoms with Gasteiger partial charge in [-0.2, -0.15) is 0 Å². The number of carboxylic acid groups (broad SMARTS) is 1. The fourth-order valence-electron chi connectivity index (χ4n) is 1.75. The number of nitrogens with one attached hydrogen (secondary N) is 1. The minimum atomic E-state index is -3.63.